The summed E-state index contributed by atoms with van der Waals surface area (Å²) in [4.78, 5) is -0.317. The van der Waals surface area contributed by atoms with Crippen molar-refractivity contribution in [3.63, 3.8) is 0 Å². The summed E-state index contributed by atoms with van der Waals surface area (Å²) in [5, 5.41) is 3.05. The molecular weight excluding hydrogens is 341 g/mol. The Morgan fingerprint density at radius 1 is 1.32 bits per heavy atom. The third-order valence-corrected chi connectivity index (χ3v) is 5.09. The van der Waals surface area contributed by atoms with Crippen LogP contribution < -0.4 is 10.0 Å². The number of hydrogen-bond acceptors (Lipinski definition) is 3. The molecule has 0 aromatic heterocycles. The predicted octanol–water partition coefficient (Wildman–Crippen LogP) is 2.47. The summed E-state index contributed by atoms with van der Waals surface area (Å²) < 4.78 is 65.2. The fraction of sp³-hybridized carbons (Fsp3) is 0.538. The lowest BCUT2D eigenvalue weighted by Gasteiger charge is -2.24. The molecule has 126 valence electrons. The average molecular weight is 359 g/mol. The molecule has 0 radical (unpaired) electrons. The van der Waals surface area contributed by atoms with Gasteiger partial charge in [-0.25, -0.2) is 13.1 Å². The Morgan fingerprint density at radius 2 is 2.00 bits per heavy atom. The quantitative estimate of drug-likeness (QED) is 0.872. The number of sulfonamides is 1. The van der Waals surface area contributed by atoms with E-state index in [0.29, 0.717) is 24.6 Å². The predicted molar refractivity (Wildman–Crippen MR) is 79.6 cm³/mol. The highest BCUT2D eigenvalue weighted by molar-refractivity contribution is 7.89. The molecule has 1 aromatic carbocycles. The summed E-state index contributed by atoms with van der Waals surface area (Å²) in [6, 6.07) is 2.46. The zero-order valence-electron chi connectivity index (χ0n) is 11.9. The lowest BCUT2D eigenvalue weighted by Crippen LogP contribution is -2.45. The van der Waals surface area contributed by atoms with Gasteiger partial charge in [-0.1, -0.05) is 6.07 Å². The molecule has 9 heteroatoms. The number of nitrogens with one attached hydrogen (secondary N) is 2. The van der Waals surface area contributed by atoms with Crippen LogP contribution in [0.2, 0.25) is 0 Å². The van der Waals surface area contributed by atoms with Crippen molar-refractivity contribution < 1.29 is 21.6 Å². The minimum absolute atomic E-state index is 0. The van der Waals surface area contributed by atoms with Crippen LogP contribution in [0.3, 0.4) is 0 Å². The van der Waals surface area contributed by atoms with Gasteiger partial charge in [-0.2, -0.15) is 13.2 Å². The van der Waals surface area contributed by atoms with Crippen molar-refractivity contribution in [1.29, 1.82) is 0 Å². The normalized spacial score (nSPS) is 19.5. The van der Waals surface area contributed by atoms with Crippen LogP contribution in [0.25, 0.3) is 0 Å². The molecule has 1 heterocycles. The Hall–Kier alpha value is -0.830. The molecule has 1 atom stereocenters. The van der Waals surface area contributed by atoms with Crippen LogP contribution in [0.1, 0.15) is 24.0 Å². The minimum Gasteiger partial charge on any atom is -0.315 e. The van der Waals surface area contributed by atoms with Gasteiger partial charge in [0.05, 0.1) is 10.5 Å². The monoisotopic (exact) mass is 358 g/mol. The van der Waals surface area contributed by atoms with E-state index in [9.17, 15) is 21.6 Å². The summed E-state index contributed by atoms with van der Waals surface area (Å²) >= 11 is 0. The molecule has 4 nitrogen and oxygen atoms in total. The highest BCUT2D eigenvalue weighted by atomic mass is 35.5. The molecule has 22 heavy (non-hydrogen) atoms. The van der Waals surface area contributed by atoms with E-state index >= 15 is 0 Å². The summed E-state index contributed by atoms with van der Waals surface area (Å²) in [5.41, 5.74) is -0.672. The smallest absolute Gasteiger partial charge is 0.315 e. The Bertz CT molecular complexity index is 614. The number of halogens is 4. The lowest BCUT2D eigenvalue weighted by molar-refractivity contribution is -0.137. The fourth-order valence-electron chi connectivity index (χ4n) is 2.30. The highest BCUT2D eigenvalue weighted by Gasteiger charge is 2.33. The molecule has 1 fully saturated rings. The van der Waals surface area contributed by atoms with E-state index in [1.54, 1.807) is 0 Å². The number of hydrogen-bond donors (Lipinski definition) is 2. The maximum absolute atomic E-state index is 12.7. The maximum atomic E-state index is 12.7. The number of rotatable bonds is 3. The molecule has 0 saturated carbocycles. The van der Waals surface area contributed by atoms with E-state index in [-0.39, 0.29) is 23.3 Å². The van der Waals surface area contributed by atoms with E-state index in [4.69, 9.17) is 0 Å². The first kappa shape index (κ1) is 19.2. The highest BCUT2D eigenvalue weighted by Crippen LogP contribution is 2.31. The summed E-state index contributed by atoms with van der Waals surface area (Å²) in [6.07, 6.45) is -3.07. The van der Waals surface area contributed by atoms with Crippen molar-refractivity contribution in [2.45, 2.75) is 36.9 Å². The molecule has 0 bridgehead atoms. The van der Waals surface area contributed by atoms with Crippen molar-refractivity contribution in [3.8, 4) is 0 Å². The fourth-order valence-corrected chi connectivity index (χ4v) is 3.84. The third-order valence-electron chi connectivity index (χ3n) is 3.42. The van der Waals surface area contributed by atoms with Crippen molar-refractivity contribution in [2.75, 3.05) is 13.1 Å². The zero-order chi connectivity index (χ0) is 15.7. The number of benzene rings is 1. The van der Waals surface area contributed by atoms with Gasteiger partial charge in [0.25, 0.3) is 0 Å². The third kappa shape index (κ3) is 4.58. The number of piperidine rings is 1. The van der Waals surface area contributed by atoms with Crippen LogP contribution in [-0.2, 0) is 16.2 Å². The van der Waals surface area contributed by atoms with Crippen molar-refractivity contribution >= 4 is 22.4 Å². The second-order valence-corrected chi connectivity index (χ2v) is 6.83. The molecule has 1 aliphatic rings. The van der Waals surface area contributed by atoms with Crippen LogP contribution in [0.4, 0.5) is 13.2 Å². The minimum atomic E-state index is -4.57. The van der Waals surface area contributed by atoms with Crippen LogP contribution in [0.15, 0.2) is 23.1 Å². The second-order valence-electron chi connectivity index (χ2n) is 5.14. The van der Waals surface area contributed by atoms with Crippen LogP contribution in [0, 0.1) is 6.92 Å². The Morgan fingerprint density at radius 3 is 2.55 bits per heavy atom. The lowest BCUT2D eigenvalue weighted by atomic mass is 10.1. The topological polar surface area (TPSA) is 58.2 Å². The second kappa shape index (κ2) is 7.16. The first-order chi connectivity index (χ1) is 9.70. The van der Waals surface area contributed by atoms with Gasteiger partial charge < -0.3 is 5.32 Å². The Balaban J connectivity index is 0.00000242. The van der Waals surface area contributed by atoms with Gasteiger partial charge in [-0.05, 0) is 44.0 Å². The van der Waals surface area contributed by atoms with Gasteiger partial charge in [0.15, 0.2) is 0 Å². The van der Waals surface area contributed by atoms with E-state index in [1.807, 2.05) is 0 Å². The first-order valence-corrected chi connectivity index (χ1v) is 8.09. The van der Waals surface area contributed by atoms with E-state index in [1.165, 1.54) is 13.0 Å². The van der Waals surface area contributed by atoms with Crippen LogP contribution in [-0.4, -0.2) is 27.5 Å². The molecule has 1 aromatic rings. The standard InChI is InChI=1S/C13H17F3N2O2S.ClH/c1-9-4-5-10(13(14,15)16)7-12(9)21(19,20)18-11-3-2-6-17-8-11;/h4-5,7,11,17-18H,2-3,6,8H2,1H3;1H. The van der Waals surface area contributed by atoms with Crippen LogP contribution >= 0.6 is 12.4 Å². The number of alkyl halides is 3. The van der Waals surface area contributed by atoms with Gasteiger partial charge in [0.2, 0.25) is 10.0 Å². The van der Waals surface area contributed by atoms with Gasteiger partial charge in [0.1, 0.15) is 0 Å². The van der Waals surface area contributed by atoms with E-state index in [0.717, 1.165) is 19.0 Å². The van der Waals surface area contributed by atoms with E-state index in [2.05, 4.69) is 10.0 Å². The van der Waals surface area contributed by atoms with Crippen LogP contribution in [0.5, 0.6) is 0 Å². The molecule has 0 aliphatic carbocycles. The Labute approximate surface area is 133 Å². The average Bonchev–Trinajstić information content (AvgIpc) is 2.38. The van der Waals surface area contributed by atoms with Crippen molar-refractivity contribution in [3.05, 3.63) is 29.3 Å². The molecular formula is C13H18ClF3N2O2S. The molecule has 0 amide bonds. The largest absolute Gasteiger partial charge is 0.416 e. The van der Waals surface area contributed by atoms with Gasteiger partial charge >= 0.3 is 6.18 Å². The SMILES string of the molecule is Cc1ccc(C(F)(F)F)cc1S(=O)(=O)NC1CCCNC1.Cl. The molecule has 2 rings (SSSR count). The van der Waals surface area contributed by atoms with Crippen molar-refractivity contribution in [2.24, 2.45) is 0 Å². The first-order valence-electron chi connectivity index (χ1n) is 6.61. The molecule has 2 N–H and O–H groups in total. The molecule has 1 unspecified atom stereocenters. The van der Waals surface area contributed by atoms with Gasteiger partial charge in [-0.15, -0.1) is 12.4 Å². The summed E-state index contributed by atoms with van der Waals surface area (Å²) in [5.74, 6) is 0. The van der Waals surface area contributed by atoms with E-state index < -0.39 is 21.8 Å². The van der Waals surface area contributed by atoms with Gasteiger partial charge in [0, 0.05) is 12.6 Å². The summed E-state index contributed by atoms with van der Waals surface area (Å²) in [6.45, 7) is 2.78. The van der Waals surface area contributed by atoms with Gasteiger partial charge in [-0.3, -0.25) is 0 Å². The maximum Gasteiger partial charge on any atom is 0.416 e. The van der Waals surface area contributed by atoms with Crippen molar-refractivity contribution in [1.82, 2.24) is 10.0 Å². The molecule has 1 aliphatic heterocycles. The Kier molecular flexibility index (Phi) is 6.26. The molecule has 1 saturated heterocycles. The molecule has 0 spiro atoms. The zero-order valence-corrected chi connectivity index (χ0v) is 13.5. The number of aryl methyl sites for hydroxylation is 1. The summed E-state index contributed by atoms with van der Waals surface area (Å²) in [7, 11) is -3.96.